The molecule has 0 saturated carbocycles. The first kappa shape index (κ1) is 14.0. The highest BCUT2D eigenvalue weighted by atomic mass is 19.4. The second kappa shape index (κ2) is 5.79. The first-order valence-corrected chi connectivity index (χ1v) is 4.46. The van der Waals surface area contributed by atoms with Crippen LogP contribution in [0.15, 0.2) is 0 Å². The largest absolute Gasteiger partial charge is 0.440 e. The lowest BCUT2D eigenvalue weighted by Gasteiger charge is -2.20. The summed E-state index contributed by atoms with van der Waals surface area (Å²) in [5.41, 5.74) is 5.31. The lowest BCUT2D eigenvalue weighted by atomic mass is 10.1. The molecule has 90 valence electrons. The molecule has 0 aliphatic heterocycles. The molecule has 0 unspecified atom stereocenters. The summed E-state index contributed by atoms with van der Waals surface area (Å²) in [6.45, 7) is 2.15. The number of alkyl halides is 3. The molecule has 0 radical (unpaired) electrons. The van der Waals surface area contributed by atoms with Crippen molar-refractivity contribution in [2.75, 3.05) is 13.2 Å². The molecule has 0 aromatic carbocycles. The van der Waals surface area contributed by atoms with E-state index < -0.39 is 18.9 Å². The first-order chi connectivity index (χ1) is 6.76. The predicted molar refractivity (Wildman–Crippen MR) is 48.2 cm³/mol. The Morgan fingerprint density at radius 2 is 2.00 bits per heavy atom. The van der Waals surface area contributed by atoms with Gasteiger partial charge in [0.05, 0.1) is 0 Å². The number of rotatable bonds is 4. The molecule has 0 aromatic heterocycles. The van der Waals surface area contributed by atoms with Gasteiger partial charge < -0.3 is 15.8 Å². The van der Waals surface area contributed by atoms with Crippen molar-refractivity contribution in [3.05, 3.63) is 0 Å². The van der Waals surface area contributed by atoms with E-state index in [0.717, 1.165) is 0 Å². The molecule has 0 aliphatic carbocycles. The van der Waals surface area contributed by atoms with Gasteiger partial charge in [0.2, 0.25) is 0 Å². The third kappa shape index (κ3) is 7.01. The smallest absolute Gasteiger partial charge is 0.422 e. The number of nitrogens with one attached hydrogen (secondary N) is 1. The number of nitrogens with two attached hydrogens (primary N) is 1. The summed E-state index contributed by atoms with van der Waals surface area (Å²) < 4.78 is 39.0. The quantitative estimate of drug-likeness (QED) is 0.761. The average Bonchev–Trinajstić information content (AvgIpc) is 2.09. The summed E-state index contributed by atoms with van der Waals surface area (Å²) >= 11 is 0. The molecule has 0 rings (SSSR count). The fourth-order valence-corrected chi connectivity index (χ4v) is 0.838. The van der Waals surface area contributed by atoms with E-state index in [1.54, 1.807) is 13.8 Å². The zero-order chi connectivity index (χ0) is 12.1. The van der Waals surface area contributed by atoms with E-state index in [4.69, 9.17) is 5.73 Å². The Morgan fingerprint density at radius 3 is 2.33 bits per heavy atom. The zero-order valence-corrected chi connectivity index (χ0v) is 8.60. The van der Waals surface area contributed by atoms with E-state index in [1.807, 2.05) is 0 Å². The predicted octanol–water partition coefficient (Wildman–Crippen LogP) is 1.26. The van der Waals surface area contributed by atoms with Crippen LogP contribution in [0.25, 0.3) is 0 Å². The molecule has 0 bridgehead atoms. The number of halogens is 3. The maximum atomic E-state index is 11.7. The molecule has 3 N–H and O–H groups in total. The lowest BCUT2D eigenvalue weighted by molar-refractivity contribution is -0.160. The molecule has 4 nitrogen and oxygen atoms in total. The van der Waals surface area contributed by atoms with Gasteiger partial charge in [-0.25, -0.2) is 4.79 Å². The maximum absolute atomic E-state index is 11.7. The molecule has 1 amide bonds. The molecule has 15 heavy (non-hydrogen) atoms. The van der Waals surface area contributed by atoms with Crippen molar-refractivity contribution in [2.24, 2.45) is 11.7 Å². The number of ether oxygens (including phenoxy) is 1. The fraction of sp³-hybridized carbons (Fsp3) is 0.875. The second-order valence-corrected chi connectivity index (χ2v) is 3.42. The van der Waals surface area contributed by atoms with Crippen molar-refractivity contribution < 1.29 is 22.7 Å². The Kier molecular flexibility index (Phi) is 5.41. The van der Waals surface area contributed by atoms with E-state index in [9.17, 15) is 18.0 Å². The van der Waals surface area contributed by atoms with Crippen molar-refractivity contribution >= 4 is 6.09 Å². The molecule has 0 aromatic rings. The average molecular weight is 228 g/mol. The Morgan fingerprint density at radius 1 is 1.47 bits per heavy atom. The minimum absolute atomic E-state index is 0.0356. The third-order valence-electron chi connectivity index (χ3n) is 1.73. The Balaban J connectivity index is 3.92. The zero-order valence-electron chi connectivity index (χ0n) is 8.60. The van der Waals surface area contributed by atoms with Gasteiger partial charge >= 0.3 is 12.3 Å². The number of carbonyl (C=O) groups excluding carboxylic acids is 1. The highest BCUT2D eigenvalue weighted by Gasteiger charge is 2.30. The van der Waals surface area contributed by atoms with Crippen LogP contribution >= 0.6 is 0 Å². The molecule has 0 fully saturated rings. The summed E-state index contributed by atoms with van der Waals surface area (Å²) in [4.78, 5) is 10.9. The van der Waals surface area contributed by atoms with Gasteiger partial charge in [-0.15, -0.1) is 0 Å². The molecular formula is C8H15F3N2O2. The van der Waals surface area contributed by atoms with E-state index in [1.165, 1.54) is 0 Å². The first-order valence-electron chi connectivity index (χ1n) is 4.46. The van der Waals surface area contributed by atoms with Gasteiger partial charge in [-0.1, -0.05) is 13.8 Å². The lowest BCUT2D eigenvalue weighted by Crippen LogP contribution is -2.44. The van der Waals surface area contributed by atoms with Gasteiger partial charge in [0.15, 0.2) is 6.61 Å². The van der Waals surface area contributed by atoms with Gasteiger partial charge in [-0.05, 0) is 5.92 Å². The Hall–Kier alpha value is -0.980. The minimum atomic E-state index is -4.51. The van der Waals surface area contributed by atoms with Crippen LogP contribution < -0.4 is 11.1 Å². The number of amides is 1. The van der Waals surface area contributed by atoms with Crippen LogP contribution in [0, 0.1) is 5.92 Å². The van der Waals surface area contributed by atoms with Crippen molar-refractivity contribution in [1.82, 2.24) is 5.32 Å². The topological polar surface area (TPSA) is 64.3 Å². The van der Waals surface area contributed by atoms with Crippen molar-refractivity contribution in [1.29, 1.82) is 0 Å². The van der Waals surface area contributed by atoms with Crippen LogP contribution in [0.1, 0.15) is 13.8 Å². The number of hydrogen-bond donors (Lipinski definition) is 2. The monoisotopic (exact) mass is 228 g/mol. The van der Waals surface area contributed by atoms with Gasteiger partial charge in [0.25, 0.3) is 0 Å². The van der Waals surface area contributed by atoms with Crippen LogP contribution in [0.3, 0.4) is 0 Å². The summed E-state index contributed by atoms with van der Waals surface area (Å²) in [5.74, 6) is 0.0356. The maximum Gasteiger partial charge on any atom is 0.422 e. The summed E-state index contributed by atoms with van der Waals surface area (Å²) in [6.07, 6.45) is -5.61. The second-order valence-electron chi connectivity index (χ2n) is 3.42. The molecule has 7 heteroatoms. The van der Waals surface area contributed by atoms with Crippen LogP contribution in [0.4, 0.5) is 18.0 Å². The Labute approximate surface area is 86.0 Å². The van der Waals surface area contributed by atoms with Gasteiger partial charge in [0, 0.05) is 12.6 Å². The normalized spacial score (nSPS) is 13.8. The van der Waals surface area contributed by atoms with Crippen LogP contribution in [-0.2, 0) is 4.74 Å². The number of hydrogen-bond acceptors (Lipinski definition) is 3. The molecule has 1 atom stereocenters. The van der Waals surface area contributed by atoms with E-state index >= 15 is 0 Å². The highest BCUT2D eigenvalue weighted by molar-refractivity contribution is 5.67. The number of alkyl carbamates (subject to hydrolysis) is 1. The standard InChI is InChI=1S/C8H15F3N2O2/c1-5(2)6(3-12)13-7(14)15-4-8(9,10)11/h5-6H,3-4,12H2,1-2H3,(H,13,14)/t6-/m0/s1. The number of carbonyl (C=O) groups is 1. The molecule has 0 heterocycles. The molecule has 0 aliphatic rings. The molecule has 0 spiro atoms. The van der Waals surface area contributed by atoms with Crippen molar-refractivity contribution in [2.45, 2.75) is 26.1 Å². The highest BCUT2D eigenvalue weighted by Crippen LogP contribution is 2.14. The van der Waals surface area contributed by atoms with Crippen LogP contribution in [-0.4, -0.2) is 31.5 Å². The SMILES string of the molecule is CC(C)[C@H](CN)NC(=O)OCC(F)(F)F. The van der Waals surface area contributed by atoms with Crippen LogP contribution in [0.2, 0.25) is 0 Å². The fourth-order valence-electron chi connectivity index (χ4n) is 0.838. The Bertz CT molecular complexity index is 207. The van der Waals surface area contributed by atoms with Gasteiger partial charge in [0.1, 0.15) is 0 Å². The summed E-state index contributed by atoms with van der Waals surface area (Å²) in [7, 11) is 0. The van der Waals surface area contributed by atoms with E-state index in [2.05, 4.69) is 10.1 Å². The summed E-state index contributed by atoms with van der Waals surface area (Å²) in [6, 6.07) is -0.384. The van der Waals surface area contributed by atoms with Gasteiger partial charge in [-0.3, -0.25) is 0 Å². The van der Waals surface area contributed by atoms with Crippen molar-refractivity contribution in [3.8, 4) is 0 Å². The van der Waals surface area contributed by atoms with Crippen LogP contribution in [0.5, 0.6) is 0 Å². The minimum Gasteiger partial charge on any atom is -0.440 e. The van der Waals surface area contributed by atoms with E-state index in [0.29, 0.717) is 0 Å². The third-order valence-corrected chi connectivity index (χ3v) is 1.73. The molecular weight excluding hydrogens is 213 g/mol. The van der Waals surface area contributed by atoms with Gasteiger partial charge in [-0.2, -0.15) is 13.2 Å². The van der Waals surface area contributed by atoms with Crippen molar-refractivity contribution in [3.63, 3.8) is 0 Å². The van der Waals surface area contributed by atoms with E-state index in [-0.39, 0.29) is 18.5 Å². The molecule has 0 saturated heterocycles. The summed E-state index contributed by atoms with van der Waals surface area (Å²) in [5, 5.41) is 2.25.